The number of nitrogens with zero attached hydrogens (tertiary/aromatic N) is 3. The second kappa shape index (κ2) is 5.18. The third-order valence-corrected chi connectivity index (χ3v) is 3.59. The molecule has 0 spiro atoms. The monoisotopic (exact) mass is 286 g/mol. The van der Waals surface area contributed by atoms with E-state index in [1.165, 1.54) is 4.90 Å². The Morgan fingerprint density at radius 1 is 1.74 bits per heavy atom. The number of nitro groups is 1. The molecule has 1 aromatic heterocycles. The number of nitrogens with one attached hydrogen (secondary N) is 1. The summed E-state index contributed by atoms with van der Waals surface area (Å²) in [7, 11) is 0. The second-order valence-corrected chi connectivity index (χ2v) is 4.82. The van der Waals surface area contributed by atoms with Crippen molar-refractivity contribution < 1.29 is 19.6 Å². The number of aliphatic carboxylic acids is 1. The fourth-order valence-corrected chi connectivity index (χ4v) is 2.59. The van der Waals surface area contributed by atoms with Crippen molar-refractivity contribution in [1.82, 2.24) is 10.3 Å². The number of carboxylic acids is 1. The van der Waals surface area contributed by atoms with Gasteiger partial charge in [-0.05, 0) is 11.3 Å². The van der Waals surface area contributed by atoms with Gasteiger partial charge in [0, 0.05) is 13.1 Å². The van der Waals surface area contributed by atoms with Crippen LogP contribution < -0.4 is 10.2 Å². The Labute approximate surface area is 111 Å². The Kier molecular flexibility index (Phi) is 3.60. The number of carboxylic acid groups (broad SMARTS) is 1. The van der Waals surface area contributed by atoms with E-state index in [4.69, 9.17) is 5.11 Å². The number of anilines is 1. The average molecular weight is 286 g/mol. The van der Waals surface area contributed by atoms with Gasteiger partial charge in [-0.2, -0.15) is 0 Å². The lowest BCUT2D eigenvalue weighted by Gasteiger charge is -2.33. The molecule has 1 aliphatic rings. The maximum absolute atomic E-state index is 11.7. The molecule has 1 amide bonds. The van der Waals surface area contributed by atoms with E-state index in [0.29, 0.717) is 13.1 Å². The standard InChI is InChI=1S/C9H10N4O5S/c14-7(15)3-5-8(16)10-1-2-12(5)9-11-4-6(19-9)13(17)18/h4-5H,1-3H2,(H,10,16)(H,14,15). The Hall–Kier alpha value is -2.23. The van der Waals surface area contributed by atoms with Gasteiger partial charge in [0.15, 0.2) is 5.13 Å². The molecule has 0 radical (unpaired) electrons. The molecule has 2 rings (SSSR count). The van der Waals surface area contributed by atoms with Gasteiger partial charge in [0.2, 0.25) is 5.91 Å². The molecule has 2 N–H and O–H groups in total. The summed E-state index contributed by atoms with van der Waals surface area (Å²) in [6.07, 6.45) is 0.726. The molecule has 9 nitrogen and oxygen atoms in total. The van der Waals surface area contributed by atoms with Crippen LogP contribution in [0.5, 0.6) is 0 Å². The predicted molar refractivity (Wildman–Crippen MR) is 65.2 cm³/mol. The highest BCUT2D eigenvalue weighted by atomic mass is 32.1. The van der Waals surface area contributed by atoms with Gasteiger partial charge in [-0.15, -0.1) is 0 Å². The highest BCUT2D eigenvalue weighted by Crippen LogP contribution is 2.30. The molecule has 102 valence electrons. The maximum atomic E-state index is 11.7. The number of piperazine rings is 1. The van der Waals surface area contributed by atoms with Crippen molar-refractivity contribution >= 4 is 33.3 Å². The molecule has 1 atom stereocenters. The normalized spacial score (nSPS) is 19.1. The van der Waals surface area contributed by atoms with Crippen molar-refractivity contribution in [2.75, 3.05) is 18.0 Å². The van der Waals surface area contributed by atoms with Gasteiger partial charge in [0.05, 0.1) is 11.3 Å². The molecule has 0 saturated carbocycles. The summed E-state index contributed by atoms with van der Waals surface area (Å²) < 4.78 is 0. The smallest absolute Gasteiger partial charge is 0.345 e. The molecule has 1 aromatic rings. The summed E-state index contributed by atoms with van der Waals surface area (Å²) in [5.41, 5.74) is 0. The van der Waals surface area contributed by atoms with Crippen molar-refractivity contribution in [3.05, 3.63) is 16.3 Å². The quantitative estimate of drug-likeness (QED) is 0.581. The fraction of sp³-hybridized carbons (Fsp3) is 0.444. The summed E-state index contributed by atoms with van der Waals surface area (Å²) >= 11 is 0.823. The summed E-state index contributed by atoms with van der Waals surface area (Å²) in [5, 5.41) is 22.1. The van der Waals surface area contributed by atoms with Crippen LogP contribution in [-0.4, -0.2) is 46.0 Å². The summed E-state index contributed by atoms with van der Waals surface area (Å²) in [5.74, 6) is -1.52. The molecule has 19 heavy (non-hydrogen) atoms. The van der Waals surface area contributed by atoms with E-state index in [-0.39, 0.29) is 16.6 Å². The van der Waals surface area contributed by atoms with Crippen LogP contribution in [0.15, 0.2) is 6.20 Å². The van der Waals surface area contributed by atoms with Gasteiger partial charge in [-0.25, -0.2) is 4.98 Å². The maximum Gasteiger partial charge on any atom is 0.345 e. The van der Waals surface area contributed by atoms with Gasteiger partial charge in [0.25, 0.3) is 0 Å². The summed E-state index contributed by atoms with van der Waals surface area (Å²) in [6, 6.07) is -0.892. The lowest BCUT2D eigenvalue weighted by molar-refractivity contribution is -0.380. The van der Waals surface area contributed by atoms with Gasteiger partial charge < -0.3 is 15.3 Å². The Morgan fingerprint density at radius 3 is 3.05 bits per heavy atom. The fourth-order valence-electron chi connectivity index (χ4n) is 1.79. The second-order valence-electron chi connectivity index (χ2n) is 3.84. The van der Waals surface area contributed by atoms with E-state index in [9.17, 15) is 19.7 Å². The minimum absolute atomic E-state index is 0.143. The first-order chi connectivity index (χ1) is 8.99. The number of carbonyl (C=O) groups excluding carboxylic acids is 1. The SMILES string of the molecule is O=C(O)CC1C(=O)NCCN1c1ncc([N+](=O)[O-])s1. The zero-order chi connectivity index (χ0) is 14.0. The molecule has 0 aromatic carbocycles. The van der Waals surface area contributed by atoms with Gasteiger partial charge in [-0.1, -0.05) is 0 Å². The third kappa shape index (κ3) is 2.78. The van der Waals surface area contributed by atoms with Crippen molar-refractivity contribution in [3.8, 4) is 0 Å². The average Bonchev–Trinajstić information content (AvgIpc) is 2.80. The van der Waals surface area contributed by atoms with Crippen LogP contribution in [0.1, 0.15) is 6.42 Å². The molecule has 2 heterocycles. The highest BCUT2D eigenvalue weighted by molar-refractivity contribution is 7.18. The van der Waals surface area contributed by atoms with Crippen LogP contribution in [0.3, 0.4) is 0 Å². The topological polar surface area (TPSA) is 126 Å². The van der Waals surface area contributed by atoms with Crippen LogP contribution in [0.25, 0.3) is 0 Å². The molecule has 1 unspecified atom stereocenters. The first-order valence-electron chi connectivity index (χ1n) is 5.35. The minimum Gasteiger partial charge on any atom is -0.481 e. The minimum atomic E-state index is -1.11. The van der Waals surface area contributed by atoms with Crippen LogP contribution in [0.4, 0.5) is 10.1 Å². The number of aromatic nitrogens is 1. The van der Waals surface area contributed by atoms with Crippen LogP contribution in [0.2, 0.25) is 0 Å². The van der Waals surface area contributed by atoms with E-state index in [1.54, 1.807) is 0 Å². The zero-order valence-electron chi connectivity index (χ0n) is 9.61. The predicted octanol–water partition coefficient (Wildman–Crippen LogP) is -0.169. The van der Waals surface area contributed by atoms with Crippen molar-refractivity contribution in [2.45, 2.75) is 12.5 Å². The number of hydrogen-bond donors (Lipinski definition) is 2. The molecule has 1 aliphatic heterocycles. The molecule has 0 bridgehead atoms. The molecule has 1 saturated heterocycles. The van der Waals surface area contributed by atoms with Crippen LogP contribution in [0, 0.1) is 10.1 Å². The van der Waals surface area contributed by atoms with E-state index < -0.39 is 22.8 Å². The van der Waals surface area contributed by atoms with Gasteiger partial charge in [0.1, 0.15) is 12.2 Å². The lowest BCUT2D eigenvalue weighted by Crippen LogP contribution is -2.56. The number of carbonyl (C=O) groups is 2. The molecular formula is C9H10N4O5S. The first-order valence-corrected chi connectivity index (χ1v) is 6.17. The number of rotatable bonds is 4. The number of amides is 1. The van der Waals surface area contributed by atoms with Crippen molar-refractivity contribution in [2.24, 2.45) is 0 Å². The molecule has 0 aliphatic carbocycles. The van der Waals surface area contributed by atoms with Crippen molar-refractivity contribution in [1.29, 1.82) is 0 Å². The van der Waals surface area contributed by atoms with Gasteiger partial charge >= 0.3 is 11.0 Å². The zero-order valence-corrected chi connectivity index (χ0v) is 10.4. The third-order valence-electron chi connectivity index (χ3n) is 2.61. The van der Waals surface area contributed by atoms with E-state index >= 15 is 0 Å². The first kappa shape index (κ1) is 13.2. The Bertz CT molecular complexity index is 530. The number of thiazole rings is 1. The molecule has 10 heteroatoms. The van der Waals surface area contributed by atoms with Crippen molar-refractivity contribution in [3.63, 3.8) is 0 Å². The Balaban J connectivity index is 2.25. The summed E-state index contributed by atoms with van der Waals surface area (Å²) in [6.45, 7) is 0.719. The number of hydrogen-bond acceptors (Lipinski definition) is 7. The largest absolute Gasteiger partial charge is 0.481 e. The lowest BCUT2D eigenvalue weighted by atomic mass is 10.1. The molecule has 1 fully saturated rings. The van der Waals surface area contributed by atoms with E-state index in [2.05, 4.69) is 10.3 Å². The highest BCUT2D eigenvalue weighted by Gasteiger charge is 2.34. The Morgan fingerprint density at radius 2 is 2.47 bits per heavy atom. The van der Waals surface area contributed by atoms with E-state index in [1.807, 2.05) is 0 Å². The van der Waals surface area contributed by atoms with E-state index in [0.717, 1.165) is 17.5 Å². The molecular weight excluding hydrogens is 276 g/mol. The van der Waals surface area contributed by atoms with Crippen LogP contribution in [-0.2, 0) is 9.59 Å². The summed E-state index contributed by atoms with van der Waals surface area (Å²) in [4.78, 5) is 37.9. The van der Waals surface area contributed by atoms with Crippen LogP contribution >= 0.6 is 11.3 Å². The van der Waals surface area contributed by atoms with Gasteiger partial charge in [-0.3, -0.25) is 19.7 Å².